The van der Waals surface area contributed by atoms with Crippen LogP contribution < -0.4 is 10.1 Å². The van der Waals surface area contributed by atoms with Crippen LogP contribution in [0.1, 0.15) is 21.6 Å². The highest BCUT2D eigenvalue weighted by Gasteiger charge is 2.09. The van der Waals surface area contributed by atoms with Gasteiger partial charge in [-0.3, -0.25) is 4.79 Å². The van der Waals surface area contributed by atoms with E-state index in [1.54, 1.807) is 25.3 Å². The van der Waals surface area contributed by atoms with Crippen LogP contribution in [0.25, 0.3) is 10.9 Å². The van der Waals surface area contributed by atoms with Crippen LogP contribution in [0.3, 0.4) is 0 Å². The number of aromatic nitrogens is 1. The maximum Gasteiger partial charge on any atom is 0.251 e. The summed E-state index contributed by atoms with van der Waals surface area (Å²) >= 11 is 3.40. The number of hydrogen-bond donors (Lipinski definition) is 1. The maximum absolute atomic E-state index is 12.3. The Morgan fingerprint density at radius 1 is 1.21 bits per heavy atom. The zero-order chi connectivity index (χ0) is 17.3. The Bertz CT molecular complexity index is 915. The molecule has 124 valence electrons. The van der Waals surface area contributed by atoms with E-state index in [-0.39, 0.29) is 5.91 Å². The first kappa shape index (κ1) is 16.6. The van der Waals surface area contributed by atoms with Crippen molar-refractivity contribution in [1.82, 2.24) is 9.88 Å². The highest BCUT2D eigenvalue weighted by Crippen LogP contribution is 2.25. The number of carbonyl (C=O) groups is 1. The number of methoxy groups -OCH3 is 1. The minimum absolute atomic E-state index is 0.109. The van der Waals surface area contributed by atoms with Gasteiger partial charge in [0.1, 0.15) is 5.75 Å². The first-order valence-electron chi connectivity index (χ1n) is 7.66. The van der Waals surface area contributed by atoms with E-state index < -0.39 is 0 Å². The van der Waals surface area contributed by atoms with E-state index in [1.807, 2.05) is 6.07 Å². The van der Waals surface area contributed by atoms with Crippen LogP contribution in [0, 0.1) is 6.92 Å². The number of rotatable bonds is 4. The molecule has 0 bridgehead atoms. The van der Waals surface area contributed by atoms with Crippen molar-refractivity contribution in [1.29, 1.82) is 0 Å². The number of carbonyl (C=O) groups excluding carboxylic acids is 1. The van der Waals surface area contributed by atoms with E-state index >= 15 is 0 Å². The maximum atomic E-state index is 12.3. The molecule has 24 heavy (non-hydrogen) atoms. The SMILES string of the molecule is COc1ccc(C(=O)NCc2ccc3c(c2)cc(C)n3C)cc1Br. The van der Waals surface area contributed by atoms with E-state index in [0.29, 0.717) is 17.9 Å². The number of nitrogens with zero attached hydrogens (tertiary/aromatic N) is 1. The summed E-state index contributed by atoms with van der Waals surface area (Å²) in [6.45, 7) is 2.58. The number of halogens is 1. The van der Waals surface area contributed by atoms with Crippen molar-refractivity contribution in [3.63, 3.8) is 0 Å². The second kappa shape index (κ2) is 6.69. The van der Waals surface area contributed by atoms with Gasteiger partial charge in [-0.2, -0.15) is 0 Å². The van der Waals surface area contributed by atoms with Gasteiger partial charge in [0.05, 0.1) is 11.6 Å². The number of fused-ring (bicyclic) bond motifs is 1. The minimum Gasteiger partial charge on any atom is -0.496 e. The fourth-order valence-electron chi connectivity index (χ4n) is 2.74. The summed E-state index contributed by atoms with van der Waals surface area (Å²) in [6, 6.07) is 13.7. The molecule has 0 saturated heterocycles. The van der Waals surface area contributed by atoms with Crippen molar-refractivity contribution < 1.29 is 9.53 Å². The molecule has 0 aliphatic carbocycles. The van der Waals surface area contributed by atoms with Gasteiger partial charge in [-0.1, -0.05) is 6.07 Å². The Labute approximate surface area is 149 Å². The van der Waals surface area contributed by atoms with E-state index in [9.17, 15) is 4.79 Å². The molecular weight excluding hydrogens is 368 g/mol. The molecule has 0 unspecified atom stereocenters. The molecule has 0 fully saturated rings. The Morgan fingerprint density at radius 2 is 2.00 bits per heavy atom. The summed E-state index contributed by atoms with van der Waals surface area (Å²) < 4.78 is 8.10. The third-order valence-electron chi connectivity index (χ3n) is 4.21. The predicted octanol–water partition coefficient (Wildman–Crippen LogP) is 4.19. The second-order valence-corrected chi connectivity index (χ2v) is 6.62. The molecule has 4 nitrogen and oxygen atoms in total. The molecule has 2 aromatic carbocycles. The van der Waals surface area contributed by atoms with Gasteiger partial charge in [0.25, 0.3) is 5.91 Å². The highest BCUT2D eigenvalue weighted by molar-refractivity contribution is 9.10. The van der Waals surface area contributed by atoms with Crippen molar-refractivity contribution in [3.05, 3.63) is 63.8 Å². The van der Waals surface area contributed by atoms with Gasteiger partial charge in [-0.05, 0) is 64.8 Å². The molecule has 1 heterocycles. The van der Waals surface area contributed by atoms with Crippen molar-refractivity contribution in [3.8, 4) is 5.75 Å². The molecule has 3 rings (SSSR count). The van der Waals surface area contributed by atoms with Crippen LogP contribution in [0.2, 0.25) is 0 Å². The lowest BCUT2D eigenvalue weighted by molar-refractivity contribution is 0.0951. The largest absolute Gasteiger partial charge is 0.496 e. The summed E-state index contributed by atoms with van der Waals surface area (Å²) in [5.41, 5.74) is 4.09. The van der Waals surface area contributed by atoms with E-state index in [2.05, 4.69) is 58.0 Å². The number of ether oxygens (including phenoxy) is 1. The third kappa shape index (κ3) is 3.17. The Balaban J connectivity index is 1.73. The molecule has 0 atom stereocenters. The smallest absolute Gasteiger partial charge is 0.251 e. The van der Waals surface area contributed by atoms with Crippen molar-refractivity contribution in [2.45, 2.75) is 13.5 Å². The lowest BCUT2D eigenvalue weighted by Crippen LogP contribution is -2.22. The van der Waals surface area contributed by atoms with Crippen molar-refractivity contribution in [2.75, 3.05) is 7.11 Å². The van der Waals surface area contributed by atoms with Gasteiger partial charge >= 0.3 is 0 Å². The van der Waals surface area contributed by atoms with Crippen LogP contribution in [0.5, 0.6) is 5.75 Å². The van der Waals surface area contributed by atoms with Crippen LogP contribution in [-0.4, -0.2) is 17.6 Å². The van der Waals surface area contributed by atoms with E-state index in [1.165, 1.54) is 16.6 Å². The summed E-state index contributed by atoms with van der Waals surface area (Å²) in [4.78, 5) is 12.3. The van der Waals surface area contributed by atoms with E-state index in [4.69, 9.17) is 4.74 Å². The number of benzene rings is 2. The highest BCUT2D eigenvalue weighted by atomic mass is 79.9. The van der Waals surface area contributed by atoms with Crippen molar-refractivity contribution >= 4 is 32.7 Å². The van der Waals surface area contributed by atoms with Gasteiger partial charge in [-0.25, -0.2) is 0 Å². The number of nitrogens with one attached hydrogen (secondary N) is 1. The first-order chi connectivity index (χ1) is 11.5. The summed E-state index contributed by atoms with van der Waals surface area (Å²) in [7, 11) is 3.65. The topological polar surface area (TPSA) is 43.3 Å². The Hall–Kier alpha value is -2.27. The zero-order valence-corrected chi connectivity index (χ0v) is 15.5. The van der Waals surface area contributed by atoms with Crippen molar-refractivity contribution in [2.24, 2.45) is 7.05 Å². The molecule has 0 spiro atoms. The molecular formula is C19H19BrN2O2. The average molecular weight is 387 g/mol. The molecule has 0 aliphatic rings. The van der Waals surface area contributed by atoms with Crippen LogP contribution in [0.4, 0.5) is 0 Å². The monoisotopic (exact) mass is 386 g/mol. The van der Waals surface area contributed by atoms with Gasteiger partial charge in [-0.15, -0.1) is 0 Å². The molecule has 1 amide bonds. The van der Waals surface area contributed by atoms with Gasteiger partial charge < -0.3 is 14.6 Å². The first-order valence-corrected chi connectivity index (χ1v) is 8.45. The lowest BCUT2D eigenvalue weighted by atomic mass is 10.1. The van der Waals surface area contributed by atoms with Crippen LogP contribution in [-0.2, 0) is 13.6 Å². The number of hydrogen-bond acceptors (Lipinski definition) is 2. The lowest BCUT2D eigenvalue weighted by Gasteiger charge is -2.08. The van der Waals surface area contributed by atoms with Gasteiger partial charge in [0, 0.05) is 35.8 Å². The average Bonchev–Trinajstić information content (AvgIpc) is 2.86. The number of amides is 1. The van der Waals surface area contributed by atoms with Crippen LogP contribution >= 0.6 is 15.9 Å². The normalized spacial score (nSPS) is 10.8. The number of aryl methyl sites for hydroxylation is 2. The second-order valence-electron chi connectivity index (χ2n) is 5.77. The molecule has 0 saturated carbocycles. The third-order valence-corrected chi connectivity index (χ3v) is 4.83. The summed E-state index contributed by atoms with van der Waals surface area (Å²) in [5, 5.41) is 4.15. The zero-order valence-electron chi connectivity index (χ0n) is 13.9. The van der Waals surface area contributed by atoms with E-state index in [0.717, 1.165) is 10.0 Å². The molecule has 0 radical (unpaired) electrons. The Kier molecular flexibility index (Phi) is 4.62. The molecule has 5 heteroatoms. The fraction of sp³-hybridized carbons (Fsp3) is 0.211. The minimum atomic E-state index is -0.109. The molecule has 3 aromatic rings. The molecule has 0 aliphatic heterocycles. The van der Waals surface area contributed by atoms with Crippen LogP contribution in [0.15, 0.2) is 46.9 Å². The quantitative estimate of drug-likeness (QED) is 0.730. The van der Waals surface area contributed by atoms with Gasteiger partial charge in [0.15, 0.2) is 0 Å². The summed E-state index contributed by atoms with van der Waals surface area (Å²) in [5.74, 6) is 0.596. The Morgan fingerprint density at radius 3 is 2.71 bits per heavy atom. The fourth-order valence-corrected chi connectivity index (χ4v) is 3.28. The molecule has 1 aromatic heterocycles. The summed E-state index contributed by atoms with van der Waals surface area (Å²) in [6.07, 6.45) is 0. The molecule has 1 N–H and O–H groups in total. The standard InChI is InChI=1S/C19H19BrN2O2/c1-12-8-15-9-13(4-6-17(15)22(12)2)11-21-19(23)14-5-7-18(24-3)16(20)10-14/h4-10H,11H2,1-3H3,(H,21,23). The van der Waals surface area contributed by atoms with Gasteiger partial charge in [0.2, 0.25) is 0 Å². The predicted molar refractivity (Wildman–Crippen MR) is 99.5 cm³/mol.